The maximum atomic E-state index is 12.3. The van der Waals surface area contributed by atoms with Crippen LogP contribution in [-0.4, -0.2) is 16.0 Å². The fourth-order valence-corrected chi connectivity index (χ4v) is 2.46. The van der Waals surface area contributed by atoms with Crippen molar-refractivity contribution in [1.82, 2.24) is 4.98 Å². The lowest BCUT2D eigenvalue weighted by Gasteiger charge is -2.02. The lowest BCUT2D eigenvalue weighted by Crippen LogP contribution is -2.74. The zero-order chi connectivity index (χ0) is 13.3. The van der Waals surface area contributed by atoms with Gasteiger partial charge < -0.3 is 5.73 Å². The summed E-state index contributed by atoms with van der Waals surface area (Å²) in [5, 5.41) is 9.84. The van der Waals surface area contributed by atoms with Gasteiger partial charge in [-0.25, -0.2) is 10.2 Å². The number of rotatable bonds is 3. The smallest absolute Gasteiger partial charge is 0.206 e. The molecule has 1 heterocycles. The summed E-state index contributed by atoms with van der Waals surface area (Å²) < 4.78 is 0. The molecule has 0 radical (unpaired) electrons. The van der Waals surface area contributed by atoms with Crippen molar-refractivity contribution in [3.05, 3.63) is 39.2 Å². The maximum Gasteiger partial charge on any atom is 0.206 e. The first-order chi connectivity index (χ1) is 8.52. The van der Waals surface area contributed by atoms with Crippen LogP contribution >= 0.6 is 11.3 Å². The van der Waals surface area contributed by atoms with E-state index in [4.69, 9.17) is 10.9 Å². The Balaban J connectivity index is 2.43. The van der Waals surface area contributed by atoms with E-state index in [0.29, 0.717) is 16.1 Å². The number of ketones is 1. The number of carbonyl (C=O) groups is 1. The van der Waals surface area contributed by atoms with Crippen LogP contribution in [-0.2, 0) is 0 Å². The van der Waals surface area contributed by atoms with Gasteiger partial charge in [-0.2, -0.15) is 5.48 Å². The molecule has 1 aromatic carbocycles. The van der Waals surface area contributed by atoms with Crippen molar-refractivity contribution in [2.75, 3.05) is 5.73 Å². The van der Waals surface area contributed by atoms with E-state index in [0.717, 1.165) is 16.1 Å². The number of aryl methyl sites for hydroxylation is 2. The van der Waals surface area contributed by atoms with E-state index in [9.17, 15) is 4.79 Å². The minimum atomic E-state index is -0.166. The largest absolute Gasteiger partial charge is 0.382 e. The molecule has 94 valence electrons. The molecule has 0 aliphatic carbocycles. The second-order valence-electron chi connectivity index (χ2n) is 3.98. The number of thiazole rings is 1. The molecular weight excluding hydrogens is 250 g/mol. The molecule has 0 aliphatic heterocycles. The Labute approximate surface area is 108 Å². The van der Waals surface area contributed by atoms with E-state index in [1.165, 1.54) is 11.3 Å². The van der Waals surface area contributed by atoms with E-state index < -0.39 is 0 Å². The molecule has 2 aromatic rings. The van der Waals surface area contributed by atoms with Gasteiger partial charge in [-0.05, 0) is 13.8 Å². The average molecular weight is 264 g/mol. The quantitative estimate of drug-likeness (QED) is 0.440. The Morgan fingerprint density at radius 1 is 1.44 bits per heavy atom. The summed E-state index contributed by atoms with van der Waals surface area (Å²) in [5.74, 6) is 0.0961. The van der Waals surface area contributed by atoms with E-state index in [-0.39, 0.29) is 11.6 Å². The van der Waals surface area contributed by atoms with Crippen LogP contribution in [0.4, 0.5) is 11.5 Å². The van der Waals surface area contributed by atoms with Gasteiger partial charge in [-0.15, -0.1) is 11.3 Å². The van der Waals surface area contributed by atoms with Gasteiger partial charge in [-0.1, -0.05) is 12.1 Å². The monoisotopic (exact) mass is 264 g/mol. The van der Waals surface area contributed by atoms with Gasteiger partial charge in [-0.3, -0.25) is 4.79 Å². The number of benzene rings is 1. The number of hydrogen-bond donors (Lipinski definition) is 3. The fraction of sp³-hybridized carbons (Fsp3) is 0.167. The number of quaternary nitrogens is 1. The van der Waals surface area contributed by atoms with Gasteiger partial charge >= 0.3 is 0 Å². The summed E-state index contributed by atoms with van der Waals surface area (Å²) >= 11 is 1.28. The van der Waals surface area contributed by atoms with Crippen LogP contribution in [0.25, 0.3) is 0 Å². The first kappa shape index (κ1) is 12.7. The SMILES string of the molecule is Cc1nc(N)c(C(=O)c2ccc(C)c([NH2+]O)c2)s1. The van der Waals surface area contributed by atoms with E-state index in [2.05, 4.69) is 4.98 Å². The fourth-order valence-electron chi connectivity index (χ4n) is 1.66. The number of nitrogens with zero attached hydrogens (tertiary/aromatic N) is 1. The van der Waals surface area contributed by atoms with E-state index in [1.807, 2.05) is 6.92 Å². The summed E-state index contributed by atoms with van der Waals surface area (Å²) in [7, 11) is 0. The van der Waals surface area contributed by atoms with Crippen LogP contribution in [0.3, 0.4) is 0 Å². The number of nitrogens with two attached hydrogens (primary N) is 2. The zero-order valence-corrected chi connectivity index (χ0v) is 10.9. The normalized spacial score (nSPS) is 10.6. The summed E-state index contributed by atoms with van der Waals surface area (Å²) in [5.41, 5.74) is 8.72. The summed E-state index contributed by atoms with van der Waals surface area (Å²) in [6.07, 6.45) is 0. The molecule has 18 heavy (non-hydrogen) atoms. The molecule has 0 bridgehead atoms. The number of nitrogen functional groups attached to an aromatic ring is 1. The van der Waals surface area contributed by atoms with Crippen LogP contribution in [0.2, 0.25) is 0 Å². The predicted octanol–water partition coefficient (Wildman–Crippen LogP) is 1.16. The lowest BCUT2D eigenvalue weighted by molar-refractivity contribution is -0.826. The highest BCUT2D eigenvalue weighted by atomic mass is 32.1. The van der Waals surface area contributed by atoms with E-state index in [1.54, 1.807) is 25.1 Å². The molecule has 0 saturated carbocycles. The highest BCUT2D eigenvalue weighted by Crippen LogP contribution is 2.24. The molecule has 2 rings (SSSR count). The average Bonchev–Trinajstić information content (AvgIpc) is 2.68. The molecular formula is C12H14N3O2S+. The molecule has 5 N–H and O–H groups in total. The van der Waals surface area contributed by atoms with Crippen molar-refractivity contribution in [3.8, 4) is 0 Å². The Hall–Kier alpha value is -1.76. The lowest BCUT2D eigenvalue weighted by atomic mass is 10.1. The minimum absolute atomic E-state index is 0.166. The van der Waals surface area contributed by atoms with Crippen LogP contribution in [0.15, 0.2) is 18.2 Å². The second kappa shape index (κ2) is 4.85. The number of aromatic nitrogens is 1. The standard InChI is InChI=1S/C12H13N3O2S/c1-6-3-4-8(5-9(6)15-17)10(16)11-12(13)14-7(2)18-11/h3-5,15,17H,13H2,1-2H3/p+1. The number of carbonyl (C=O) groups excluding carboxylic acids is 1. The summed E-state index contributed by atoms with van der Waals surface area (Å²) in [6.45, 7) is 3.67. The molecule has 0 atom stereocenters. The summed E-state index contributed by atoms with van der Waals surface area (Å²) in [6, 6.07) is 5.16. The molecule has 6 heteroatoms. The van der Waals surface area contributed by atoms with Crippen molar-refractivity contribution < 1.29 is 15.5 Å². The summed E-state index contributed by atoms with van der Waals surface area (Å²) in [4.78, 5) is 16.7. The Bertz CT molecular complexity index is 607. The van der Waals surface area contributed by atoms with Gasteiger partial charge in [0.05, 0.1) is 5.01 Å². The topological polar surface area (TPSA) is 92.8 Å². The Morgan fingerprint density at radius 3 is 2.72 bits per heavy atom. The van der Waals surface area contributed by atoms with Gasteiger partial charge in [0.25, 0.3) is 0 Å². The van der Waals surface area contributed by atoms with Crippen LogP contribution in [0, 0.1) is 13.8 Å². The van der Waals surface area contributed by atoms with Gasteiger partial charge in [0.1, 0.15) is 10.7 Å². The Morgan fingerprint density at radius 2 is 2.17 bits per heavy atom. The molecule has 0 amide bonds. The van der Waals surface area contributed by atoms with Gasteiger partial charge in [0.15, 0.2) is 5.69 Å². The van der Waals surface area contributed by atoms with Crippen molar-refractivity contribution in [1.29, 1.82) is 0 Å². The van der Waals surface area contributed by atoms with Crippen LogP contribution in [0.1, 0.15) is 25.8 Å². The molecule has 0 spiro atoms. The third-order valence-electron chi connectivity index (χ3n) is 2.65. The van der Waals surface area contributed by atoms with Gasteiger partial charge in [0, 0.05) is 17.2 Å². The maximum absolute atomic E-state index is 12.3. The highest BCUT2D eigenvalue weighted by molar-refractivity contribution is 7.14. The third-order valence-corrected chi connectivity index (χ3v) is 3.63. The number of hydrogen-bond acceptors (Lipinski definition) is 5. The highest BCUT2D eigenvalue weighted by Gasteiger charge is 2.18. The van der Waals surface area contributed by atoms with Crippen molar-refractivity contribution in [2.45, 2.75) is 13.8 Å². The zero-order valence-electron chi connectivity index (χ0n) is 10.1. The first-order valence-corrected chi connectivity index (χ1v) is 6.20. The van der Waals surface area contributed by atoms with Crippen molar-refractivity contribution >= 4 is 28.6 Å². The first-order valence-electron chi connectivity index (χ1n) is 5.38. The Kier molecular flexibility index (Phi) is 3.42. The molecule has 0 aliphatic rings. The van der Waals surface area contributed by atoms with Crippen molar-refractivity contribution in [3.63, 3.8) is 0 Å². The molecule has 0 unspecified atom stereocenters. The van der Waals surface area contributed by atoms with Crippen molar-refractivity contribution in [2.24, 2.45) is 0 Å². The predicted molar refractivity (Wildman–Crippen MR) is 69.2 cm³/mol. The van der Waals surface area contributed by atoms with Crippen LogP contribution in [0.5, 0.6) is 0 Å². The second-order valence-corrected chi connectivity index (χ2v) is 5.18. The van der Waals surface area contributed by atoms with Crippen LogP contribution < -0.4 is 11.2 Å². The third kappa shape index (κ3) is 2.26. The molecule has 5 nitrogen and oxygen atoms in total. The number of anilines is 1. The molecule has 0 fully saturated rings. The van der Waals surface area contributed by atoms with E-state index >= 15 is 0 Å². The van der Waals surface area contributed by atoms with Gasteiger partial charge in [0.2, 0.25) is 5.78 Å². The molecule has 0 saturated heterocycles. The minimum Gasteiger partial charge on any atom is -0.382 e. The molecule has 1 aromatic heterocycles.